The molecule has 0 heterocycles. The highest BCUT2D eigenvalue weighted by Crippen LogP contribution is 2.25. The van der Waals surface area contributed by atoms with E-state index < -0.39 is 0 Å². The Morgan fingerprint density at radius 3 is 2.47 bits per heavy atom. The van der Waals surface area contributed by atoms with Crippen LogP contribution in [0.3, 0.4) is 0 Å². The summed E-state index contributed by atoms with van der Waals surface area (Å²) in [7, 11) is 0. The highest BCUT2D eigenvalue weighted by molar-refractivity contribution is 7.99. The molecule has 0 amide bonds. The van der Waals surface area contributed by atoms with Gasteiger partial charge < -0.3 is 0 Å². The van der Waals surface area contributed by atoms with Gasteiger partial charge in [0.2, 0.25) is 0 Å². The van der Waals surface area contributed by atoms with E-state index in [9.17, 15) is 0 Å². The van der Waals surface area contributed by atoms with Crippen LogP contribution in [0.15, 0.2) is 29.2 Å². The molecule has 0 aliphatic carbocycles. The van der Waals surface area contributed by atoms with Gasteiger partial charge >= 0.3 is 0 Å². The van der Waals surface area contributed by atoms with Gasteiger partial charge in [-0.15, -0.1) is 11.8 Å². The normalized spacial score (nSPS) is 11.2. The van der Waals surface area contributed by atoms with Crippen molar-refractivity contribution in [2.45, 2.75) is 38.0 Å². The van der Waals surface area contributed by atoms with Crippen molar-refractivity contribution in [1.82, 2.24) is 0 Å². The van der Waals surface area contributed by atoms with Gasteiger partial charge in [-0.05, 0) is 56.7 Å². The number of unbranched alkanes of at least 4 members (excludes halogenated alkanes) is 1. The van der Waals surface area contributed by atoms with Crippen LogP contribution >= 0.6 is 23.4 Å². The van der Waals surface area contributed by atoms with Crippen molar-refractivity contribution in [3.05, 3.63) is 29.3 Å². The number of hydrogen-bond acceptors (Lipinski definition) is 2. The molecule has 92 valence electrons. The number of halogens is 1. The second-order valence-corrected chi connectivity index (χ2v) is 6.36. The molecule has 1 nitrogen and oxygen atoms in total. The van der Waals surface area contributed by atoms with Gasteiger partial charge in [0, 0.05) is 9.92 Å². The highest BCUT2D eigenvalue weighted by Gasteiger charge is 2.15. The standard InChI is InChI=1S/C14H18ClNS/c1-14(2,11-16)9-3-4-10-17-13-7-5-12(15)6-8-13/h5-8H,3-4,9-10H2,1-2H3. The molecule has 0 bridgehead atoms. The molecule has 0 aromatic heterocycles. The fourth-order valence-electron chi connectivity index (χ4n) is 1.45. The first-order chi connectivity index (χ1) is 8.03. The van der Waals surface area contributed by atoms with Gasteiger partial charge in [-0.3, -0.25) is 0 Å². The molecular weight excluding hydrogens is 250 g/mol. The van der Waals surface area contributed by atoms with Crippen molar-refractivity contribution < 1.29 is 0 Å². The van der Waals surface area contributed by atoms with E-state index in [2.05, 4.69) is 6.07 Å². The zero-order chi connectivity index (χ0) is 12.7. The molecule has 1 aromatic rings. The molecule has 0 unspecified atom stereocenters. The summed E-state index contributed by atoms with van der Waals surface area (Å²) in [4.78, 5) is 1.26. The quantitative estimate of drug-likeness (QED) is 0.526. The predicted octanol–water partition coefficient (Wildman–Crippen LogP) is 5.15. The number of hydrogen-bond donors (Lipinski definition) is 0. The van der Waals surface area contributed by atoms with Crippen LogP contribution in [0.1, 0.15) is 33.1 Å². The molecule has 0 saturated heterocycles. The van der Waals surface area contributed by atoms with Gasteiger partial charge in [0.15, 0.2) is 0 Å². The van der Waals surface area contributed by atoms with Gasteiger partial charge in [-0.25, -0.2) is 0 Å². The Kier molecular flexibility index (Phi) is 5.88. The average molecular weight is 268 g/mol. The van der Waals surface area contributed by atoms with E-state index in [-0.39, 0.29) is 5.41 Å². The Morgan fingerprint density at radius 1 is 1.24 bits per heavy atom. The van der Waals surface area contributed by atoms with E-state index in [0.717, 1.165) is 30.0 Å². The van der Waals surface area contributed by atoms with E-state index in [1.54, 1.807) is 0 Å². The molecule has 1 rings (SSSR count). The van der Waals surface area contributed by atoms with Crippen LogP contribution in [0.5, 0.6) is 0 Å². The predicted molar refractivity (Wildman–Crippen MR) is 75.4 cm³/mol. The van der Waals surface area contributed by atoms with Crippen LogP contribution in [0.25, 0.3) is 0 Å². The van der Waals surface area contributed by atoms with Crippen molar-refractivity contribution in [3.8, 4) is 6.07 Å². The minimum absolute atomic E-state index is 0.176. The number of benzene rings is 1. The summed E-state index contributed by atoms with van der Waals surface area (Å²) < 4.78 is 0. The molecule has 17 heavy (non-hydrogen) atoms. The highest BCUT2D eigenvalue weighted by atomic mass is 35.5. The average Bonchev–Trinajstić information content (AvgIpc) is 2.31. The Morgan fingerprint density at radius 2 is 1.88 bits per heavy atom. The summed E-state index contributed by atoms with van der Waals surface area (Å²) in [5.41, 5.74) is -0.176. The maximum Gasteiger partial charge on any atom is 0.0683 e. The molecule has 0 saturated carbocycles. The molecule has 0 spiro atoms. The number of nitriles is 1. The topological polar surface area (TPSA) is 23.8 Å². The third-order valence-electron chi connectivity index (χ3n) is 2.58. The van der Waals surface area contributed by atoms with Crippen molar-refractivity contribution in [2.75, 3.05) is 5.75 Å². The maximum atomic E-state index is 8.89. The third-order valence-corrected chi connectivity index (χ3v) is 3.93. The van der Waals surface area contributed by atoms with Crippen LogP contribution in [-0.2, 0) is 0 Å². The lowest BCUT2D eigenvalue weighted by Gasteiger charge is -2.13. The van der Waals surface area contributed by atoms with Crippen molar-refractivity contribution in [2.24, 2.45) is 5.41 Å². The number of nitrogens with zero attached hydrogens (tertiary/aromatic N) is 1. The second-order valence-electron chi connectivity index (χ2n) is 4.76. The van der Waals surface area contributed by atoms with Crippen molar-refractivity contribution >= 4 is 23.4 Å². The first-order valence-corrected chi connectivity index (χ1v) is 7.19. The van der Waals surface area contributed by atoms with Gasteiger partial charge in [0.25, 0.3) is 0 Å². The molecule has 1 aromatic carbocycles. The smallest absolute Gasteiger partial charge is 0.0683 e. The van der Waals surface area contributed by atoms with Gasteiger partial charge in [0.1, 0.15) is 0 Å². The molecule has 0 fully saturated rings. The zero-order valence-electron chi connectivity index (χ0n) is 10.4. The summed E-state index contributed by atoms with van der Waals surface area (Å²) in [6.07, 6.45) is 3.24. The van der Waals surface area contributed by atoms with Crippen LogP contribution in [0.4, 0.5) is 0 Å². The van der Waals surface area contributed by atoms with Crippen LogP contribution < -0.4 is 0 Å². The van der Waals surface area contributed by atoms with Crippen molar-refractivity contribution in [1.29, 1.82) is 5.26 Å². The zero-order valence-corrected chi connectivity index (χ0v) is 11.9. The Labute approximate surface area is 113 Å². The molecule has 0 atom stereocenters. The van der Waals surface area contributed by atoms with Crippen LogP contribution in [-0.4, -0.2) is 5.75 Å². The van der Waals surface area contributed by atoms with E-state index in [4.69, 9.17) is 16.9 Å². The van der Waals surface area contributed by atoms with Crippen LogP contribution in [0, 0.1) is 16.7 Å². The van der Waals surface area contributed by atoms with E-state index in [0.29, 0.717) is 0 Å². The molecule has 0 aliphatic heterocycles. The minimum atomic E-state index is -0.176. The van der Waals surface area contributed by atoms with E-state index >= 15 is 0 Å². The second kappa shape index (κ2) is 6.93. The molecule has 3 heteroatoms. The third kappa shape index (κ3) is 6.00. The summed E-state index contributed by atoms with van der Waals surface area (Å²) in [6.45, 7) is 4.00. The van der Waals surface area contributed by atoms with Crippen LogP contribution in [0.2, 0.25) is 5.02 Å². The summed E-state index contributed by atoms with van der Waals surface area (Å²) >= 11 is 7.67. The molecule has 0 N–H and O–H groups in total. The fourth-order valence-corrected chi connectivity index (χ4v) is 2.48. The molecular formula is C14H18ClNS. The Balaban J connectivity index is 2.17. The SMILES string of the molecule is CC(C)(C#N)CCCCSc1ccc(Cl)cc1. The lowest BCUT2D eigenvalue weighted by molar-refractivity contribution is 0.433. The van der Waals surface area contributed by atoms with E-state index in [1.807, 2.05) is 49.9 Å². The number of thioether (sulfide) groups is 1. The fraction of sp³-hybridized carbons (Fsp3) is 0.500. The maximum absolute atomic E-state index is 8.89. The largest absolute Gasteiger partial charge is 0.198 e. The minimum Gasteiger partial charge on any atom is -0.198 e. The first-order valence-electron chi connectivity index (χ1n) is 5.83. The first kappa shape index (κ1) is 14.4. The van der Waals surface area contributed by atoms with Gasteiger partial charge in [-0.1, -0.05) is 18.0 Å². The van der Waals surface area contributed by atoms with E-state index in [1.165, 1.54) is 4.90 Å². The summed E-state index contributed by atoms with van der Waals surface area (Å²) in [6, 6.07) is 10.3. The Bertz CT molecular complexity index is 378. The Hall–Kier alpha value is -0.650. The summed E-state index contributed by atoms with van der Waals surface area (Å²) in [5, 5.41) is 9.67. The van der Waals surface area contributed by atoms with Gasteiger partial charge in [-0.2, -0.15) is 5.26 Å². The van der Waals surface area contributed by atoms with Crippen molar-refractivity contribution in [3.63, 3.8) is 0 Å². The monoisotopic (exact) mass is 267 g/mol. The lowest BCUT2D eigenvalue weighted by atomic mass is 9.89. The molecule has 0 radical (unpaired) electrons. The summed E-state index contributed by atoms with van der Waals surface area (Å²) in [5.74, 6) is 1.10. The van der Waals surface area contributed by atoms with Gasteiger partial charge in [0.05, 0.1) is 11.5 Å². The number of rotatable bonds is 6. The lowest BCUT2D eigenvalue weighted by Crippen LogP contribution is -2.07. The molecule has 0 aliphatic rings.